The molecule has 164 valence electrons. The van der Waals surface area contributed by atoms with Crippen LogP contribution in [0.1, 0.15) is 27.7 Å². The predicted molar refractivity (Wildman–Crippen MR) is 114 cm³/mol. The second-order valence-electron chi connectivity index (χ2n) is 8.19. The van der Waals surface area contributed by atoms with E-state index in [-0.39, 0.29) is 24.3 Å². The fourth-order valence-electron chi connectivity index (χ4n) is 4.60. The van der Waals surface area contributed by atoms with Gasteiger partial charge in [-0.2, -0.15) is 5.10 Å². The van der Waals surface area contributed by atoms with Crippen LogP contribution in [-0.4, -0.2) is 73.2 Å². The first-order valence-corrected chi connectivity index (χ1v) is 10.6. The number of carbonyl (C=O) groups excluding carboxylic acids is 2. The zero-order valence-corrected chi connectivity index (χ0v) is 17.8. The molecular formula is C23H24N6O3. The van der Waals surface area contributed by atoms with Crippen LogP contribution < -0.4 is 0 Å². The SMILES string of the molecule is Cn1ccc(C(=O)N2C[C@@H](c3cccnc3)[C@]3(C2)OCCN(Cc2ccccn2)C3=O)n1. The number of carbonyl (C=O) groups is 2. The van der Waals surface area contributed by atoms with Gasteiger partial charge in [0.05, 0.1) is 25.4 Å². The second-order valence-corrected chi connectivity index (χ2v) is 8.19. The number of hydrogen-bond acceptors (Lipinski definition) is 6. The lowest BCUT2D eigenvalue weighted by Crippen LogP contribution is -2.60. The molecule has 2 saturated heterocycles. The second kappa shape index (κ2) is 8.16. The molecule has 2 atom stereocenters. The van der Waals surface area contributed by atoms with E-state index in [4.69, 9.17) is 4.74 Å². The molecule has 1 spiro atoms. The Kier molecular flexibility index (Phi) is 5.18. The Morgan fingerprint density at radius 3 is 2.84 bits per heavy atom. The normalized spacial score (nSPS) is 23.2. The Balaban J connectivity index is 1.48. The Bertz CT molecular complexity index is 1120. The van der Waals surface area contributed by atoms with E-state index in [1.807, 2.05) is 30.3 Å². The highest BCUT2D eigenvalue weighted by Gasteiger charge is 2.58. The number of nitrogens with zero attached hydrogens (tertiary/aromatic N) is 6. The van der Waals surface area contributed by atoms with Gasteiger partial charge in [0.15, 0.2) is 5.60 Å². The van der Waals surface area contributed by atoms with Gasteiger partial charge in [0.2, 0.25) is 0 Å². The van der Waals surface area contributed by atoms with Gasteiger partial charge in [0, 0.05) is 50.8 Å². The van der Waals surface area contributed by atoms with Crippen LogP contribution >= 0.6 is 0 Å². The number of amides is 2. The Morgan fingerprint density at radius 2 is 2.12 bits per heavy atom. The van der Waals surface area contributed by atoms with Crippen molar-refractivity contribution >= 4 is 11.8 Å². The number of rotatable bonds is 4. The summed E-state index contributed by atoms with van der Waals surface area (Å²) < 4.78 is 7.83. The molecular weight excluding hydrogens is 408 g/mol. The Morgan fingerprint density at radius 1 is 1.22 bits per heavy atom. The van der Waals surface area contributed by atoms with Gasteiger partial charge in [-0.25, -0.2) is 0 Å². The molecule has 2 amide bonds. The summed E-state index contributed by atoms with van der Waals surface area (Å²) >= 11 is 0. The molecule has 0 N–H and O–H groups in total. The molecule has 2 fully saturated rings. The Labute approximate surface area is 185 Å². The molecule has 3 aromatic rings. The maximum absolute atomic E-state index is 13.8. The molecule has 0 bridgehead atoms. The van der Waals surface area contributed by atoms with Gasteiger partial charge in [-0.15, -0.1) is 0 Å². The van der Waals surface area contributed by atoms with Crippen LogP contribution in [0.3, 0.4) is 0 Å². The van der Waals surface area contributed by atoms with E-state index in [2.05, 4.69) is 15.1 Å². The zero-order valence-electron chi connectivity index (χ0n) is 17.8. The maximum Gasteiger partial charge on any atom is 0.274 e. The molecule has 3 aromatic heterocycles. The van der Waals surface area contributed by atoms with Gasteiger partial charge in [-0.1, -0.05) is 12.1 Å². The summed E-state index contributed by atoms with van der Waals surface area (Å²) in [5, 5.41) is 4.25. The van der Waals surface area contributed by atoms with Crippen molar-refractivity contribution < 1.29 is 14.3 Å². The van der Waals surface area contributed by atoms with Crippen LogP contribution in [0.15, 0.2) is 61.2 Å². The lowest BCUT2D eigenvalue weighted by atomic mass is 9.83. The largest absolute Gasteiger partial charge is 0.361 e. The standard InChI is InChI=1S/C23H24N6O3/c1-27-10-7-20(26-27)21(30)29-15-19(17-5-4-8-24-13-17)23(16-29)22(31)28(11-12-32-23)14-18-6-2-3-9-25-18/h2-10,13,19H,11-12,14-16H2,1H3/t19-,23-/m0/s1. The Hall–Kier alpha value is -3.59. The molecule has 9 nitrogen and oxygen atoms in total. The summed E-state index contributed by atoms with van der Waals surface area (Å²) in [6.45, 7) is 1.79. The number of pyridine rings is 2. The number of hydrogen-bond donors (Lipinski definition) is 0. The summed E-state index contributed by atoms with van der Waals surface area (Å²) in [5.41, 5.74) is 0.871. The third kappa shape index (κ3) is 3.54. The van der Waals surface area contributed by atoms with Crippen molar-refractivity contribution in [2.75, 3.05) is 26.2 Å². The van der Waals surface area contributed by atoms with Crippen molar-refractivity contribution in [3.05, 3.63) is 78.1 Å². The van der Waals surface area contributed by atoms with E-state index >= 15 is 0 Å². The van der Waals surface area contributed by atoms with Crippen LogP contribution in [0.4, 0.5) is 0 Å². The molecule has 0 radical (unpaired) electrons. The first-order chi connectivity index (χ1) is 15.6. The van der Waals surface area contributed by atoms with Crippen LogP contribution in [0, 0.1) is 0 Å². The van der Waals surface area contributed by atoms with Gasteiger partial charge in [0.25, 0.3) is 11.8 Å². The smallest absolute Gasteiger partial charge is 0.274 e. The van der Waals surface area contributed by atoms with E-state index < -0.39 is 5.60 Å². The highest BCUT2D eigenvalue weighted by molar-refractivity contribution is 5.95. The van der Waals surface area contributed by atoms with Gasteiger partial charge >= 0.3 is 0 Å². The van der Waals surface area contributed by atoms with E-state index in [1.165, 1.54) is 0 Å². The quantitative estimate of drug-likeness (QED) is 0.616. The molecule has 5 heterocycles. The van der Waals surface area contributed by atoms with E-state index in [1.54, 1.807) is 52.4 Å². The van der Waals surface area contributed by atoms with Crippen molar-refractivity contribution in [2.24, 2.45) is 7.05 Å². The number of morpholine rings is 1. The number of aryl methyl sites for hydroxylation is 1. The number of aromatic nitrogens is 4. The van der Waals surface area contributed by atoms with Gasteiger partial charge in [-0.3, -0.25) is 24.2 Å². The monoisotopic (exact) mass is 432 g/mol. The highest BCUT2D eigenvalue weighted by atomic mass is 16.5. The summed E-state index contributed by atoms with van der Waals surface area (Å²) in [5.74, 6) is -0.669. The zero-order chi connectivity index (χ0) is 22.1. The summed E-state index contributed by atoms with van der Waals surface area (Å²) in [4.78, 5) is 39.1. The van der Waals surface area contributed by atoms with Gasteiger partial charge in [-0.05, 0) is 29.8 Å². The fraction of sp³-hybridized carbons (Fsp3) is 0.348. The van der Waals surface area contributed by atoms with E-state index in [0.29, 0.717) is 31.9 Å². The third-order valence-corrected chi connectivity index (χ3v) is 6.15. The molecule has 9 heteroatoms. The minimum absolute atomic E-state index is 0.125. The van der Waals surface area contributed by atoms with Crippen molar-refractivity contribution in [1.82, 2.24) is 29.5 Å². The van der Waals surface area contributed by atoms with Crippen LogP contribution in [0.25, 0.3) is 0 Å². The first kappa shape index (κ1) is 20.3. The summed E-state index contributed by atoms with van der Waals surface area (Å²) in [6, 6.07) is 11.1. The van der Waals surface area contributed by atoms with Crippen molar-refractivity contribution in [3.63, 3.8) is 0 Å². The topological polar surface area (TPSA) is 93.5 Å². The van der Waals surface area contributed by atoms with Crippen LogP contribution in [0.2, 0.25) is 0 Å². The molecule has 5 rings (SSSR count). The van der Waals surface area contributed by atoms with Crippen molar-refractivity contribution in [1.29, 1.82) is 0 Å². The average Bonchev–Trinajstić information content (AvgIpc) is 3.42. The molecule has 0 aliphatic carbocycles. The minimum atomic E-state index is -1.17. The number of likely N-dealkylation sites (tertiary alicyclic amines) is 1. The van der Waals surface area contributed by atoms with Crippen LogP contribution in [-0.2, 0) is 23.1 Å². The van der Waals surface area contributed by atoms with Crippen molar-refractivity contribution in [2.45, 2.75) is 18.1 Å². The predicted octanol–water partition coefficient (Wildman–Crippen LogP) is 1.25. The average molecular weight is 432 g/mol. The van der Waals surface area contributed by atoms with E-state index in [9.17, 15) is 9.59 Å². The third-order valence-electron chi connectivity index (χ3n) is 6.15. The molecule has 0 unspecified atom stereocenters. The molecule has 0 aromatic carbocycles. The van der Waals surface area contributed by atoms with Gasteiger partial charge < -0.3 is 14.5 Å². The minimum Gasteiger partial charge on any atom is -0.361 e. The molecule has 2 aliphatic rings. The molecule has 32 heavy (non-hydrogen) atoms. The molecule has 0 saturated carbocycles. The molecule has 2 aliphatic heterocycles. The van der Waals surface area contributed by atoms with Crippen molar-refractivity contribution in [3.8, 4) is 0 Å². The summed E-state index contributed by atoms with van der Waals surface area (Å²) in [7, 11) is 1.77. The maximum atomic E-state index is 13.8. The lowest BCUT2D eigenvalue weighted by Gasteiger charge is -2.42. The number of ether oxygens (including phenoxy) is 1. The first-order valence-electron chi connectivity index (χ1n) is 10.6. The summed E-state index contributed by atoms with van der Waals surface area (Å²) in [6.07, 6.45) is 6.89. The van der Waals surface area contributed by atoms with Crippen LogP contribution in [0.5, 0.6) is 0 Å². The van der Waals surface area contributed by atoms with E-state index in [0.717, 1.165) is 11.3 Å². The fourth-order valence-corrected chi connectivity index (χ4v) is 4.60. The van der Waals surface area contributed by atoms with Gasteiger partial charge in [0.1, 0.15) is 5.69 Å². The highest BCUT2D eigenvalue weighted by Crippen LogP contribution is 2.42. The lowest BCUT2D eigenvalue weighted by molar-refractivity contribution is -0.172.